The summed E-state index contributed by atoms with van der Waals surface area (Å²) in [7, 11) is 0. The Balaban J connectivity index is 2.09. The van der Waals surface area contributed by atoms with Gasteiger partial charge in [-0.3, -0.25) is 0 Å². The van der Waals surface area contributed by atoms with Crippen LogP contribution in [-0.2, 0) is 0 Å². The Kier molecular flexibility index (Phi) is 5.72. The Morgan fingerprint density at radius 3 is 2.53 bits per heavy atom. The van der Waals surface area contributed by atoms with E-state index in [2.05, 4.69) is 31.3 Å². The van der Waals surface area contributed by atoms with Gasteiger partial charge in [-0.15, -0.1) is 0 Å². The van der Waals surface area contributed by atoms with Crippen LogP contribution in [0.25, 0.3) is 0 Å². The normalized spacial score (nSPS) is 24.6. The minimum atomic E-state index is 0.508. The van der Waals surface area contributed by atoms with Crippen molar-refractivity contribution in [1.82, 2.24) is 5.32 Å². The van der Waals surface area contributed by atoms with Crippen LogP contribution in [0, 0.1) is 11.8 Å². The highest BCUT2D eigenvalue weighted by atomic mass is 35.5. The maximum absolute atomic E-state index is 6.01. The first-order valence-corrected chi connectivity index (χ1v) is 8.11. The molecule has 2 heteroatoms. The van der Waals surface area contributed by atoms with Crippen LogP contribution in [0.3, 0.4) is 0 Å². The van der Waals surface area contributed by atoms with E-state index < -0.39 is 0 Å². The van der Waals surface area contributed by atoms with Crippen molar-refractivity contribution in [3.8, 4) is 0 Å². The third kappa shape index (κ3) is 3.97. The summed E-state index contributed by atoms with van der Waals surface area (Å²) in [6.45, 7) is 5.65. The molecule has 106 valence electrons. The average molecular weight is 280 g/mol. The van der Waals surface area contributed by atoms with Gasteiger partial charge in [0.05, 0.1) is 0 Å². The lowest BCUT2D eigenvalue weighted by atomic mass is 9.90. The predicted octanol–water partition coefficient (Wildman–Crippen LogP) is 5.21. The molecular weight excluding hydrogens is 254 g/mol. The monoisotopic (exact) mass is 279 g/mol. The second-order valence-electron chi connectivity index (χ2n) is 5.83. The molecule has 1 fully saturated rings. The van der Waals surface area contributed by atoms with Crippen molar-refractivity contribution in [3.63, 3.8) is 0 Å². The van der Waals surface area contributed by atoms with Crippen molar-refractivity contribution in [2.75, 3.05) is 6.54 Å². The molecule has 0 saturated heterocycles. The second-order valence-corrected chi connectivity index (χ2v) is 6.27. The highest BCUT2D eigenvalue weighted by Gasteiger charge is 2.30. The Hall–Kier alpha value is -0.530. The summed E-state index contributed by atoms with van der Waals surface area (Å²) in [6, 6.07) is 8.92. The van der Waals surface area contributed by atoms with Gasteiger partial charge in [0.25, 0.3) is 0 Å². The van der Waals surface area contributed by atoms with Crippen LogP contribution in [-0.4, -0.2) is 6.54 Å². The first-order valence-electron chi connectivity index (χ1n) is 7.73. The average Bonchev–Trinajstić information content (AvgIpc) is 2.90. The highest BCUT2D eigenvalue weighted by molar-refractivity contribution is 6.30. The molecule has 0 aliphatic heterocycles. The zero-order valence-corrected chi connectivity index (χ0v) is 12.9. The highest BCUT2D eigenvalue weighted by Crippen LogP contribution is 2.40. The smallest absolute Gasteiger partial charge is 0.0406 e. The molecule has 1 aliphatic carbocycles. The maximum Gasteiger partial charge on any atom is 0.0406 e. The fourth-order valence-electron chi connectivity index (χ4n) is 3.31. The molecule has 1 aromatic carbocycles. The van der Waals surface area contributed by atoms with E-state index in [1.54, 1.807) is 0 Å². The zero-order valence-electron chi connectivity index (χ0n) is 12.2. The first kappa shape index (κ1) is 14.9. The molecule has 1 aromatic rings. The standard InChI is InChI=1S/C17H26ClN/c1-3-11-19-17(14-7-9-16(18)10-8-14)15-6-5-13(4-2)12-15/h7-10,13,15,17,19H,3-6,11-12H2,1-2H3. The van der Waals surface area contributed by atoms with Gasteiger partial charge in [0.15, 0.2) is 0 Å². The number of benzene rings is 1. The summed E-state index contributed by atoms with van der Waals surface area (Å²) in [6.07, 6.45) is 6.66. The largest absolute Gasteiger partial charge is 0.310 e. The van der Waals surface area contributed by atoms with Crippen LogP contribution in [0.1, 0.15) is 57.6 Å². The second kappa shape index (κ2) is 7.31. The van der Waals surface area contributed by atoms with E-state index in [-0.39, 0.29) is 0 Å². The van der Waals surface area contributed by atoms with Crippen LogP contribution in [0.2, 0.25) is 5.02 Å². The molecule has 0 bridgehead atoms. The zero-order chi connectivity index (χ0) is 13.7. The maximum atomic E-state index is 6.01. The van der Waals surface area contributed by atoms with Gasteiger partial charge < -0.3 is 5.32 Å². The number of hydrogen-bond donors (Lipinski definition) is 1. The first-order chi connectivity index (χ1) is 9.24. The van der Waals surface area contributed by atoms with Gasteiger partial charge >= 0.3 is 0 Å². The molecular formula is C17H26ClN. The molecule has 1 nitrogen and oxygen atoms in total. The molecule has 1 N–H and O–H groups in total. The van der Waals surface area contributed by atoms with Crippen molar-refractivity contribution >= 4 is 11.6 Å². The quantitative estimate of drug-likeness (QED) is 0.754. The van der Waals surface area contributed by atoms with Gasteiger partial charge in [0.2, 0.25) is 0 Å². The van der Waals surface area contributed by atoms with Gasteiger partial charge in [-0.05, 0) is 55.3 Å². The number of halogens is 1. The van der Waals surface area contributed by atoms with Crippen molar-refractivity contribution in [2.45, 2.75) is 52.0 Å². The van der Waals surface area contributed by atoms with E-state index in [4.69, 9.17) is 11.6 Å². The fraction of sp³-hybridized carbons (Fsp3) is 0.647. The Bertz CT molecular complexity index is 373. The van der Waals surface area contributed by atoms with Gasteiger partial charge in [0, 0.05) is 11.1 Å². The van der Waals surface area contributed by atoms with Crippen LogP contribution in [0.15, 0.2) is 24.3 Å². The fourth-order valence-corrected chi connectivity index (χ4v) is 3.44. The molecule has 0 spiro atoms. The third-order valence-corrected chi connectivity index (χ3v) is 4.73. The molecule has 1 aliphatic rings. The molecule has 1 saturated carbocycles. The molecule has 0 radical (unpaired) electrons. The van der Waals surface area contributed by atoms with Crippen molar-refractivity contribution in [1.29, 1.82) is 0 Å². The molecule has 0 heterocycles. The van der Waals surface area contributed by atoms with E-state index in [0.29, 0.717) is 6.04 Å². The molecule has 0 aromatic heterocycles. The summed E-state index contributed by atoms with van der Waals surface area (Å²) in [5.74, 6) is 1.72. The van der Waals surface area contributed by atoms with E-state index >= 15 is 0 Å². The van der Waals surface area contributed by atoms with Crippen LogP contribution < -0.4 is 5.32 Å². The topological polar surface area (TPSA) is 12.0 Å². The van der Waals surface area contributed by atoms with Crippen LogP contribution in [0.4, 0.5) is 0 Å². The lowest BCUT2D eigenvalue weighted by molar-refractivity contribution is 0.354. The Morgan fingerprint density at radius 1 is 1.21 bits per heavy atom. The molecule has 3 atom stereocenters. The van der Waals surface area contributed by atoms with E-state index in [1.165, 1.54) is 37.7 Å². The summed E-state index contributed by atoms with van der Waals surface area (Å²) in [4.78, 5) is 0. The van der Waals surface area contributed by atoms with Crippen LogP contribution in [0.5, 0.6) is 0 Å². The van der Waals surface area contributed by atoms with Crippen molar-refractivity contribution in [2.24, 2.45) is 11.8 Å². The van der Waals surface area contributed by atoms with Crippen molar-refractivity contribution < 1.29 is 0 Å². The predicted molar refractivity (Wildman–Crippen MR) is 83.6 cm³/mol. The van der Waals surface area contributed by atoms with Gasteiger partial charge in [0.1, 0.15) is 0 Å². The Morgan fingerprint density at radius 2 is 1.95 bits per heavy atom. The summed E-state index contributed by atoms with van der Waals surface area (Å²) in [5.41, 5.74) is 1.40. The summed E-state index contributed by atoms with van der Waals surface area (Å²) >= 11 is 6.01. The third-order valence-electron chi connectivity index (χ3n) is 4.47. The lowest BCUT2D eigenvalue weighted by Gasteiger charge is -2.25. The molecule has 3 unspecified atom stereocenters. The van der Waals surface area contributed by atoms with E-state index in [0.717, 1.165) is 23.4 Å². The molecule has 2 rings (SSSR count). The minimum Gasteiger partial charge on any atom is -0.310 e. The number of hydrogen-bond acceptors (Lipinski definition) is 1. The van der Waals surface area contributed by atoms with Gasteiger partial charge in [-0.25, -0.2) is 0 Å². The lowest BCUT2D eigenvalue weighted by Crippen LogP contribution is -2.28. The van der Waals surface area contributed by atoms with E-state index in [1.807, 2.05) is 12.1 Å². The SMILES string of the molecule is CCCNC(c1ccc(Cl)cc1)C1CCC(CC)C1. The van der Waals surface area contributed by atoms with Gasteiger partial charge in [-0.2, -0.15) is 0 Å². The minimum absolute atomic E-state index is 0.508. The van der Waals surface area contributed by atoms with E-state index in [9.17, 15) is 0 Å². The number of nitrogens with one attached hydrogen (secondary N) is 1. The van der Waals surface area contributed by atoms with Crippen LogP contribution >= 0.6 is 11.6 Å². The van der Waals surface area contributed by atoms with Gasteiger partial charge in [-0.1, -0.05) is 50.4 Å². The summed E-state index contributed by atoms with van der Waals surface area (Å²) in [5, 5.41) is 4.58. The Labute approximate surface area is 122 Å². The number of rotatable bonds is 6. The molecule has 0 amide bonds. The molecule has 19 heavy (non-hydrogen) atoms. The van der Waals surface area contributed by atoms with Crippen molar-refractivity contribution in [3.05, 3.63) is 34.9 Å². The summed E-state index contributed by atoms with van der Waals surface area (Å²) < 4.78 is 0.